The molecule has 0 aliphatic heterocycles. The Balaban J connectivity index is 3.41. The van der Waals surface area contributed by atoms with Crippen molar-refractivity contribution >= 4 is 11.9 Å². The average molecular weight is 455 g/mol. The topological polar surface area (TPSA) is 63.6 Å². The van der Waals surface area contributed by atoms with Gasteiger partial charge in [-0.3, -0.25) is 9.59 Å². The first kappa shape index (κ1) is 30.9. The maximum Gasteiger partial charge on any atom is 0.306 e. The number of carboxylic acid groups (broad SMARTS) is 1. The Morgan fingerprint density at radius 1 is 0.562 bits per heavy atom. The van der Waals surface area contributed by atoms with Crippen LogP contribution in [-0.4, -0.2) is 23.1 Å². The number of hydrogen-bond donors (Lipinski definition) is 1. The van der Waals surface area contributed by atoms with Gasteiger partial charge in [-0.2, -0.15) is 0 Å². The molecule has 0 aromatic rings. The minimum absolute atomic E-state index is 0.111. The van der Waals surface area contributed by atoms with Crippen molar-refractivity contribution in [2.24, 2.45) is 0 Å². The van der Waals surface area contributed by atoms with Crippen molar-refractivity contribution in [1.29, 1.82) is 0 Å². The Morgan fingerprint density at radius 3 is 1.41 bits per heavy atom. The van der Waals surface area contributed by atoms with E-state index in [1.807, 2.05) is 0 Å². The summed E-state index contributed by atoms with van der Waals surface area (Å²) in [5.74, 6) is -0.894. The fraction of sp³-hybridized carbons (Fsp3) is 0.929. The number of carbonyl (C=O) groups excluding carboxylic acids is 1. The second kappa shape index (κ2) is 24.6. The monoisotopic (exact) mass is 454 g/mol. The van der Waals surface area contributed by atoms with Gasteiger partial charge < -0.3 is 9.84 Å². The molecule has 0 spiro atoms. The molecular formula is C28H54O4. The van der Waals surface area contributed by atoms with Crippen LogP contribution < -0.4 is 0 Å². The molecule has 1 unspecified atom stereocenters. The van der Waals surface area contributed by atoms with Crippen molar-refractivity contribution in [3.05, 3.63) is 0 Å². The number of esters is 1. The average Bonchev–Trinajstić information content (AvgIpc) is 2.75. The molecule has 0 fully saturated rings. The number of carboxylic acids is 1. The number of carbonyl (C=O) groups is 2. The molecular weight excluding hydrogens is 400 g/mol. The largest absolute Gasteiger partial charge is 0.481 e. The summed E-state index contributed by atoms with van der Waals surface area (Å²) in [6, 6.07) is 0. The van der Waals surface area contributed by atoms with E-state index in [0.717, 1.165) is 25.7 Å². The molecule has 0 aromatic carbocycles. The Hall–Kier alpha value is -1.06. The molecule has 0 aliphatic rings. The summed E-state index contributed by atoms with van der Waals surface area (Å²) in [5, 5.41) is 8.75. The molecule has 0 amide bonds. The Morgan fingerprint density at radius 2 is 1.00 bits per heavy atom. The van der Waals surface area contributed by atoms with Crippen LogP contribution >= 0.6 is 0 Å². The van der Waals surface area contributed by atoms with Gasteiger partial charge in [0.2, 0.25) is 0 Å². The van der Waals surface area contributed by atoms with Crippen LogP contribution in [0.1, 0.15) is 162 Å². The van der Waals surface area contributed by atoms with Gasteiger partial charge in [0, 0.05) is 12.8 Å². The highest BCUT2D eigenvalue weighted by Crippen LogP contribution is 2.16. The van der Waals surface area contributed by atoms with Gasteiger partial charge in [-0.05, 0) is 25.7 Å². The molecule has 0 aliphatic carbocycles. The molecule has 1 atom stereocenters. The number of aliphatic carboxylic acids is 1. The molecule has 0 radical (unpaired) electrons. The molecule has 0 saturated carbocycles. The van der Waals surface area contributed by atoms with E-state index in [0.29, 0.717) is 19.3 Å². The highest BCUT2D eigenvalue weighted by atomic mass is 16.5. The maximum absolute atomic E-state index is 12.0. The van der Waals surface area contributed by atoms with Crippen LogP contribution in [-0.2, 0) is 14.3 Å². The van der Waals surface area contributed by atoms with E-state index in [1.54, 1.807) is 0 Å². The van der Waals surface area contributed by atoms with Crippen molar-refractivity contribution in [2.75, 3.05) is 0 Å². The molecule has 4 nitrogen and oxygen atoms in total. The van der Waals surface area contributed by atoms with E-state index in [2.05, 4.69) is 13.8 Å². The van der Waals surface area contributed by atoms with Crippen molar-refractivity contribution in [3.63, 3.8) is 0 Å². The molecule has 1 N–H and O–H groups in total. The van der Waals surface area contributed by atoms with Crippen LogP contribution in [0, 0.1) is 0 Å². The summed E-state index contributed by atoms with van der Waals surface area (Å²) in [4.78, 5) is 22.7. The third kappa shape index (κ3) is 23.6. The third-order valence-electron chi connectivity index (χ3n) is 6.31. The summed E-state index contributed by atoms with van der Waals surface area (Å²) in [5.41, 5.74) is 0. The quantitative estimate of drug-likeness (QED) is 0.110. The minimum Gasteiger partial charge on any atom is -0.481 e. The van der Waals surface area contributed by atoms with Crippen molar-refractivity contribution in [1.82, 2.24) is 0 Å². The second-order valence-corrected chi connectivity index (χ2v) is 9.59. The van der Waals surface area contributed by atoms with Crippen molar-refractivity contribution in [3.8, 4) is 0 Å². The van der Waals surface area contributed by atoms with E-state index >= 15 is 0 Å². The molecule has 190 valence electrons. The van der Waals surface area contributed by atoms with E-state index in [1.165, 1.54) is 96.3 Å². The zero-order chi connectivity index (χ0) is 23.7. The van der Waals surface area contributed by atoms with Gasteiger partial charge in [-0.1, -0.05) is 123 Å². The molecule has 32 heavy (non-hydrogen) atoms. The zero-order valence-corrected chi connectivity index (χ0v) is 21.5. The number of unbranched alkanes of at least 4 members (excludes halogenated alkanes) is 16. The van der Waals surface area contributed by atoms with Crippen LogP contribution in [0.3, 0.4) is 0 Å². The summed E-state index contributed by atoms with van der Waals surface area (Å²) >= 11 is 0. The summed E-state index contributed by atoms with van der Waals surface area (Å²) in [6.07, 6.45) is 26.2. The normalized spacial score (nSPS) is 12.1. The van der Waals surface area contributed by atoms with E-state index < -0.39 is 5.97 Å². The third-order valence-corrected chi connectivity index (χ3v) is 6.31. The molecule has 0 rings (SSSR count). The molecule has 0 bridgehead atoms. The number of hydrogen-bond acceptors (Lipinski definition) is 3. The highest BCUT2D eigenvalue weighted by molar-refractivity contribution is 5.69. The minimum atomic E-state index is -0.782. The standard InChI is InChI=1S/C28H54O4/c1-3-5-6-7-8-9-10-11-12-13-14-15-16-17-18-19-20-25-28(31)32-26(22-4-2)23-21-24-27(29)30/h26H,3-25H2,1-2H3,(H,29,30). The Bertz CT molecular complexity index is 422. The van der Waals surface area contributed by atoms with E-state index in [9.17, 15) is 9.59 Å². The molecule has 0 heterocycles. The van der Waals surface area contributed by atoms with Crippen LogP contribution in [0.25, 0.3) is 0 Å². The first-order valence-electron chi connectivity index (χ1n) is 14.0. The lowest BCUT2D eigenvalue weighted by atomic mass is 10.0. The SMILES string of the molecule is CCCCCCCCCCCCCCCCCCCC(=O)OC(CCC)CCCC(=O)O. The molecule has 0 saturated heterocycles. The van der Waals surface area contributed by atoms with Crippen LogP contribution in [0.4, 0.5) is 0 Å². The van der Waals surface area contributed by atoms with Crippen LogP contribution in [0.2, 0.25) is 0 Å². The number of ether oxygens (including phenoxy) is 1. The van der Waals surface area contributed by atoms with Gasteiger partial charge in [0.1, 0.15) is 6.10 Å². The fourth-order valence-corrected chi connectivity index (χ4v) is 4.30. The first-order chi connectivity index (χ1) is 15.6. The highest BCUT2D eigenvalue weighted by Gasteiger charge is 2.14. The lowest BCUT2D eigenvalue weighted by molar-refractivity contribution is -0.150. The molecule has 4 heteroatoms. The van der Waals surface area contributed by atoms with Crippen molar-refractivity contribution in [2.45, 2.75) is 168 Å². The lowest BCUT2D eigenvalue weighted by Gasteiger charge is -2.17. The summed E-state index contributed by atoms with van der Waals surface area (Å²) in [7, 11) is 0. The Kier molecular flexibility index (Phi) is 23.8. The second-order valence-electron chi connectivity index (χ2n) is 9.59. The van der Waals surface area contributed by atoms with Gasteiger partial charge in [0.15, 0.2) is 0 Å². The smallest absolute Gasteiger partial charge is 0.306 e. The predicted octanol–water partition coefficient (Wildman–Crippen LogP) is 8.99. The fourth-order valence-electron chi connectivity index (χ4n) is 4.30. The molecule has 0 aromatic heterocycles. The lowest BCUT2D eigenvalue weighted by Crippen LogP contribution is -2.18. The van der Waals surface area contributed by atoms with Gasteiger partial charge in [0.25, 0.3) is 0 Å². The first-order valence-corrected chi connectivity index (χ1v) is 14.0. The predicted molar refractivity (Wildman–Crippen MR) is 135 cm³/mol. The van der Waals surface area contributed by atoms with E-state index in [-0.39, 0.29) is 18.5 Å². The Labute approximate surface area is 199 Å². The van der Waals surface area contributed by atoms with Crippen LogP contribution in [0.5, 0.6) is 0 Å². The van der Waals surface area contributed by atoms with Gasteiger partial charge >= 0.3 is 11.9 Å². The summed E-state index contributed by atoms with van der Waals surface area (Å²) in [6.45, 7) is 4.34. The van der Waals surface area contributed by atoms with Crippen molar-refractivity contribution < 1.29 is 19.4 Å². The van der Waals surface area contributed by atoms with Gasteiger partial charge in [-0.15, -0.1) is 0 Å². The van der Waals surface area contributed by atoms with Gasteiger partial charge in [0.05, 0.1) is 0 Å². The maximum atomic E-state index is 12.0. The van der Waals surface area contributed by atoms with Crippen LogP contribution in [0.15, 0.2) is 0 Å². The number of rotatable bonds is 25. The summed E-state index contributed by atoms with van der Waals surface area (Å²) < 4.78 is 5.57. The van der Waals surface area contributed by atoms with E-state index in [4.69, 9.17) is 9.84 Å². The zero-order valence-electron chi connectivity index (χ0n) is 21.5. The van der Waals surface area contributed by atoms with Gasteiger partial charge in [-0.25, -0.2) is 0 Å².